The van der Waals surface area contributed by atoms with E-state index in [-0.39, 0.29) is 23.8 Å². The zero-order valence-electron chi connectivity index (χ0n) is 8.83. The second kappa shape index (κ2) is 3.47. The number of ether oxygens (including phenoxy) is 1. The first kappa shape index (κ1) is 10.9. The summed E-state index contributed by atoms with van der Waals surface area (Å²) in [5.41, 5.74) is 0. The number of alkyl halides is 1. The van der Waals surface area contributed by atoms with Crippen molar-refractivity contribution in [1.82, 2.24) is 4.90 Å². The number of halogens is 1. The maximum atomic E-state index is 11.7. The summed E-state index contributed by atoms with van der Waals surface area (Å²) in [6, 6.07) is -0.0240. The largest absolute Gasteiger partial charge is 0.450 e. The van der Waals surface area contributed by atoms with Crippen LogP contribution in [-0.2, 0) is 9.53 Å². The van der Waals surface area contributed by atoms with Crippen molar-refractivity contribution < 1.29 is 14.3 Å². The van der Waals surface area contributed by atoms with Crippen LogP contribution in [0.3, 0.4) is 0 Å². The van der Waals surface area contributed by atoms with Gasteiger partial charge in [-0.05, 0) is 20.3 Å². The van der Waals surface area contributed by atoms with Crippen LogP contribution in [0.15, 0.2) is 0 Å². The molecule has 4 nitrogen and oxygen atoms in total. The van der Waals surface area contributed by atoms with E-state index in [9.17, 15) is 9.59 Å². The van der Waals surface area contributed by atoms with Gasteiger partial charge in [-0.3, -0.25) is 4.79 Å². The minimum atomic E-state index is -0.569. The molecule has 1 heterocycles. The number of carbonyl (C=O) groups excluding carboxylic acids is 2. The maximum absolute atomic E-state index is 11.7. The van der Waals surface area contributed by atoms with Gasteiger partial charge < -0.3 is 9.64 Å². The lowest BCUT2D eigenvalue weighted by molar-refractivity contribution is -0.135. The standard InChI is InChI=1S/C10H14BrNO3/c1-3-15-9(14)12-5-4-6-7(12)10(2,11)8(6)13/h6-7H,3-5H2,1-2H3/t6-,7+,10?/m0/s1. The summed E-state index contributed by atoms with van der Waals surface area (Å²) in [6.45, 7) is 4.61. The fraction of sp³-hybridized carbons (Fsp3) is 0.800. The van der Waals surface area contributed by atoms with Crippen molar-refractivity contribution in [3.05, 3.63) is 0 Å². The Morgan fingerprint density at radius 3 is 3.00 bits per heavy atom. The fourth-order valence-corrected chi connectivity index (χ4v) is 3.42. The zero-order chi connectivity index (χ0) is 11.2. The molecular formula is C10H14BrNO3. The number of amides is 1. The Bertz CT molecular complexity index is 316. The first-order chi connectivity index (χ1) is 7.00. The molecule has 0 bridgehead atoms. The topological polar surface area (TPSA) is 46.6 Å². The SMILES string of the molecule is CCOC(=O)N1CC[C@@H]2C(=O)C(C)(Br)[C@@H]21. The number of likely N-dealkylation sites (tertiary alicyclic amines) is 1. The molecule has 2 rings (SSSR count). The van der Waals surface area contributed by atoms with Crippen LogP contribution >= 0.6 is 15.9 Å². The van der Waals surface area contributed by atoms with E-state index < -0.39 is 4.32 Å². The van der Waals surface area contributed by atoms with E-state index in [0.717, 1.165) is 6.42 Å². The minimum Gasteiger partial charge on any atom is -0.450 e. The summed E-state index contributed by atoms with van der Waals surface area (Å²) in [4.78, 5) is 24.9. The van der Waals surface area contributed by atoms with Crippen molar-refractivity contribution in [2.75, 3.05) is 13.2 Å². The van der Waals surface area contributed by atoms with E-state index in [1.807, 2.05) is 6.92 Å². The lowest BCUT2D eigenvalue weighted by Crippen LogP contribution is -2.65. The zero-order valence-corrected chi connectivity index (χ0v) is 10.4. The lowest BCUT2D eigenvalue weighted by Gasteiger charge is -2.46. The van der Waals surface area contributed by atoms with Gasteiger partial charge in [0.25, 0.3) is 0 Å². The molecule has 1 amide bonds. The molecule has 0 aromatic carbocycles. The number of fused-ring (bicyclic) bond motifs is 1. The Balaban J connectivity index is 2.12. The molecule has 3 atom stereocenters. The molecule has 15 heavy (non-hydrogen) atoms. The highest BCUT2D eigenvalue weighted by molar-refractivity contribution is 9.10. The quantitative estimate of drug-likeness (QED) is 0.683. The molecule has 5 heteroatoms. The molecule has 2 aliphatic rings. The van der Waals surface area contributed by atoms with Gasteiger partial charge in [0.1, 0.15) is 4.32 Å². The number of hydrogen-bond donors (Lipinski definition) is 0. The molecule has 1 aliphatic heterocycles. The summed E-state index contributed by atoms with van der Waals surface area (Å²) in [7, 11) is 0. The highest BCUT2D eigenvalue weighted by atomic mass is 79.9. The van der Waals surface area contributed by atoms with Gasteiger partial charge in [0, 0.05) is 12.5 Å². The third kappa shape index (κ3) is 1.40. The molecule has 0 aromatic rings. The second-order valence-electron chi connectivity index (χ2n) is 4.17. The van der Waals surface area contributed by atoms with E-state index in [2.05, 4.69) is 15.9 Å². The molecule has 0 aromatic heterocycles. The molecule has 0 radical (unpaired) electrons. The van der Waals surface area contributed by atoms with Crippen LogP contribution in [0.25, 0.3) is 0 Å². The van der Waals surface area contributed by atoms with Gasteiger partial charge in [0.2, 0.25) is 0 Å². The number of nitrogens with zero attached hydrogens (tertiary/aromatic N) is 1. The van der Waals surface area contributed by atoms with Gasteiger partial charge in [-0.15, -0.1) is 0 Å². The van der Waals surface area contributed by atoms with E-state index in [1.54, 1.807) is 11.8 Å². The number of Topliss-reactive ketones (excluding diaryl/α,β-unsaturated/α-hetero) is 1. The van der Waals surface area contributed by atoms with E-state index >= 15 is 0 Å². The Morgan fingerprint density at radius 1 is 1.73 bits per heavy atom. The molecule has 1 unspecified atom stereocenters. The normalized spacial score (nSPS) is 38.6. The van der Waals surface area contributed by atoms with Gasteiger partial charge in [-0.1, -0.05) is 15.9 Å². The predicted molar refractivity (Wildman–Crippen MR) is 58.0 cm³/mol. The third-order valence-corrected chi connectivity index (χ3v) is 4.13. The summed E-state index contributed by atoms with van der Waals surface area (Å²) in [6.07, 6.45) is 0.465. The molecule has 1 saturated carbocycles. The first-order valence-corrected chi connectivity index (χ1v) is 5.96. The van der Waals surface area contributed by atoms with Gasteiger partial charge in [-0.25, -0.2) is 4.79 Å². The average Bonchev–Trinajstić information content (AvgIpc) is 2.59. The summed E-state index contributed by atoms with van der Waals surface area (Å²) < 4.78 is 4.39. The van der Waals surface area contributed by atoms with Crippen LogP contribution < -0.4 is 0 Å². The average molecular weight is 276 g/mol. The van der Waals surface area contributed by atoms with Crippen LogP contribution in [0.2, 0.25) is 0 Å². The first-order valence-electron chi connectivity index (χ1n) is 5.16. The Hall–Kier alpha value is -0.580. The smallest absolute Gasteiger partial charge is 0.410 e. The molecule has 1 aliphatic carbocycles. The van der Waals surface area contributed by atoms with Gasteiger partial charge in [0.15, 0.2) is 5.78 Å². The van der Waals surface area contributed by atoms with Crippen molar-refractivity contribution in [2.45, 2.75) is 30.6 Å². The predicted octanol–water partition coefficient (Wildman–Crippen LogP) is 1.57. The summed E-state index contributed by atoms with van der Waals surface area (Å²) in [5, 5.41) is 0. The van der Waals surface area contributed by atoms with Gasteiger partial charge in [0.05, 0.1) is 12.6 Å². The second-order valence-corrected chi connectivity index (χ2v) is 5.82. The van der Waals surface area contributed by atoms with Crippen LogP contribution in [0, 0.1) is 5.92 Å². The highest BCUT2D eigenvalue weighted by Gasteiger charge is 2.63. The fourth-order valence-electron chi connectivity index (χ4n) is 2.56. The number of ketones is 1. The molecular weight excluding hydrogens is 262 g/mol. The van der Waals surface area contributed by atoms with Crippen LogP contribution in [0.1, 0.15) is 20.3 Å². The van der Waals surface area contributed by atoms with Crippen molar-refractivity contribution in [2.24, 2.45) is 5.92 Å². The van der Waals surface area contributed by atoms with Crippen molar-refractivity contribution in [3.8, 4) is 0 Å². The lowest BCUT2D eigenvalue weighted by atomic mass is 9.70. The van der Waals surface area contributed by atoms with Crippen LogP contribution in [-0.4, -0.2) is 40.3 Å². The number of hydrogen-bond acceptors (Lipinski definition) is 3. The summed E-state index contributed by atoms with van der Waals surface area (Å²) >= 11 is 3.40. The van der Waals surface area contributed by atoms with Crippen molar-refractivity contribution >= 4 is 27.8 Å². The number of rotatable bonds is 1. The van der Waals surface area contributed by atoms with E-state index in [4.69, 9.17) is 4.74 Å². The Morgan fingerprint density at radius 2 is 2.40 bits per heavy atom. The van der Waals surface area contributed by atoms with E-state index in [0.29, 0.717) is 13.2 Å². The monoisotopic (exact) mass is 275 g/mol. The molecule has 0 N–H and O–H groups in total. The molecule has 2 fully saturated rings. The maximum Gasteiger partial charge on any atom is 0.410 e. The summed E-state index contributed by atoms with van der Waals surface area (Å²) in [5.74, 6) is 0.220. The third-order valence-electron chi connectivity index (χ3n) is 3.27. The van der Waals surface area contributed by atoms with E-state index in [1.165, 1.54) is 0 Å². The molecule has 0 spiro atoms. The molecule has 1 saturated heterocycles. The van der Waals surface area contributed by atoms with Crippen LogP contribution in [0.4, 0.5) is 4.79 Å². The van der Waals surface area contributed by atoms with Crippen molar-refractivity contribution in [1.29, 1.82) is 0 Å². The van der Waals surface area contributed by atoms with Gasteiger partial charge >= 0.3 is 6.09 Å². The van der Waals surface area contributed by atoms with Crippen molar-refractivity contribution in [3.63, 3.8) is 0 Å². The van der Waals surface area contributed by atoms with Gasteiger partial charge in [-0.2, -0.15) is 0 Å². The minimum absolute atomic E-state index is 0.0128. The molecule has 84 valence electrons. The number of carbonyl (C=O) groups is 2. The Kier molecular flexibility index (Phi) is 2.53. The van der Waals surface area contributed by atoms with Crippen LogP contribution in [0.5, 0.6) is 0 Å². The highest BCUT2D eigenvalue weighted by Crippen LogP contribution is 2.49. The Labute approximate surface area is 97.1 Å².